The Kier molecular flexibility index (Phi) is 4.73. The van der Waals surface area contributed by atoms with Crippen molar-refractivity contribution in [1.82, 2.24) is 10.0 Å². The van der Waals surface area contributed by atoms with Crippen LogP contribution in [0.3, 0.4) is 0 Å². The summed E-state index contributed by atoms with van der Waals surface area (Å²) >= 11 is 0. The molecule has 1 rings (SSSR count). The number of hydrogen-bond donors (Lipinski definition) is 2. The zero-order valence-electron chi connectivity index (χ0n) is 9.82. The smallest absolute Gasteiger partial charge is 0.216 e. The first-order valence-electron chi connectivity index (χ1n) is 5.58. The number of rotatable bonds is 4. The van der Waals surface area contributed by atoms with Gasteiger partial charge in [0, 0.05) is 19.5 Å². The van der Waals surface area contributed by atoms with Gasteiger partial charge in [0.1, 0.15) is 0 Å². The van der Waals surface area contributed by atoms with Crippen molar-refractivity contribution in [2.45, 2.75) is 38.6 Å². The molecule has 0 atom stereocenters. The van der Waals surface area contributed by atoms with E-state index < -0.39 is 10.0 Å². The van der Waals surface area contributed by atoms with Gasteiger partial charge in [0.25, 0.3) is 0 Å². The van der Waals surface area contributed by atoms with E-state index >= 15 is 0 Å². The minimum absolute atomic E-state index is 0.00335. The van der Waals surface area contributed by atoms with Gasteiger partial charge in [0.15, 0.2) is 0 Å². The second kappa shape index (κ2) is 5.63. The molecule has 1 aliphatic rings. The maximum Gasteiger partial charge on any atom is 0.216 e. The molecule has 6 heteroatoms. The highest BCUT2D eigenvalue weighted by Crippen LogP contribution is 2.23. The average molecular weight is 248 g/mol. The highest BCUT2D eigenvalue weighted by molar-refractivity contribution is 7.88. The van der Waals surface area contributed by atoms with E-state index in [0.717, 1.165) is 25.7 Å². The number of carbonyl (C=O) groups excluding carboxylic acids is 1. The Morgan fingerprint density at radius 3 is 2.25 bits per heavy atom. The van der Waals surface area contributed by atoms with Gasteiger partial charge in [0.05, 0.1) is 6.26 Å². The molecule has 0 spiro atoms. The first-order valence-corrected chi connectivity index (χ1v) is 7.47. The molecular formula is C10H20N2O3S. The van der Waals surface area contributed by atoms with Crippen LogP contribution in [-0.4, -0.2) is 33.2 Å². The molecule has 0 aliphatic heterocycles. The lowest BCUT2D eigenvalue weighted by molar-refractivity contribution is -0.119. The van der Waals surface area contributed by atoms with E-state index in [2.05, 4.69) is 10.0 Å². The summed E-state index contributed by atoms with van der Waals surface area (Å²) in [6.45, 7) is 2.22. The molecule has 16 heavy (non-hydrogen) atoms. The van der Waals surface area contributed by atoms with Crippen molar-refractivity contribution in [3.05, 3.63) is 0 Å². The van der Waals surface area contributed by atoms with Gasteiger partial charge < -0.3 is 5.32 Å². The SMILES string of the molecule is CC(=O)NC[C@H]1CC[C@H](NS(C)(=O)=O)CC1. The van der Waals surface area contributed by atoms with Crippen LogP contribution in [0.5, 0.6) is 0 Å². The Balaban J connectivity index is 2.26. The predicted molar refractivity (Wildman–Crippen MR) is 62.4 cm³/mol. The third-order valence-electron chi connectivity index (χ3n) is 2.87. The molecule has 0 aromatic carbocycles. The second-order valence-corrected chi connectivity index (χ2v) is 6.32. The Morgan fingerprint density at radius 2 is 1.81 bits per heavy atom. The molecule has 0 unspecified atom stereocenters. The number of hydrogen-bond acceptors (Lipinski definition) is 3. The number of nitrogens with one attached hydrogen (secondary N) is 2. The van der Waals surface area contributed by atoms with Gasteiger partial charge >= 0.3 is 0 Å². The molecule has 0 aromatic heterocycles. The zero-order chi connectivity index (χ0) is 12.2. The molecule has 0 aromatic rings. The molecule has 1 amide bonds. The fourth-order valence-corrected chi connectivity index (χ4v) is 2.92. The maximum absolute atomic E-state index is 11.0. The van der Waals surface area contributed by atoms with Crippen LogP contribution in [0.25, 0.3) is 0 Å². The van der Waals surface area contributed by atoms with Crippen LogP contribution in [0.4, 0.5) is 0 Å². The molecule has 1 aliphatic carbocycles. The summed E-state index contributed by atoms with van der Waals surface area (Å²) in [5, 5.41) is 2.80. The van der Waals surface area contributed by atoms with E-state index in [1.165, 1.54) is 13.2 Å². The Labute approximate surface area is 97.0 Å². The minimum Gasteiger partial charge on any atom is -0.356 e. The minimum atomic E-state index is -3.09. The largest absolute Gasteiger partial charge is 0.356 e. The van der Waals surface area contributed by atoms with E-state index in [1.807, 2.05) is 0 Å². The zero-order valence-corrected chi connectivity index (χ0v) is 10.6. The van der Waals surface area contributed by atoms with Gasteiger partial charge in [-0.15, -0.1) is 0 Å². The van der Waals surface area contributed by atoms with Gasteiger partial charge in [-0.05, 0) is 31.6 Å². The van der Waals surface area contributed by atoms with Crippen LogP contribution in [-0.2, 0) is 14.8 Å². The second-order valence-electron chi connectivity index (χ2n) is 4.54. The third kappa shape index (κ3) is 5.46. The Hall–Kier alpha value is -0.620. The van der Waals surface area contributed by atoms with Crippen LogP contribution in [0.2, 0.25) is 0 Å². The van der Waals surface area contributed by atoms with E-state index in [-0.39, 0.29) is 11.9 Å². The molecule has 5 nitrogen and oxygen atoms in total. The number of amides is 1. The van der Waals surface area contributed by atoms with Gasteiger partial charge in [0.2, 0.25) is 15.9 Å². The molecule has 2 N–H and O–H groups in total. The van der Waals surface area contributed by atoms with Crippen LogP contribution in [0, 0.1) is 5.92 Å². The summed E-state index contributed by atoms with van der Waals surface area (Å²) in [5.74, 6) is 0.484. The normalized spacial score (nSPS) is 26.4. The molecule has 1 saturated carbocycles. The lowest BCUT2D eigenvalue weighted by atomic mass is 9.86. The topological polar surface area (TPSA) is 75.3 Å². The van der Waals surface area contributed by atoms with E-state index in [1.54, 1.807) is 0 Å². The predicted octanol–water partition coefficient (Wildman–Crippen LogP) is 0.231. The standard InChI is InChI=1S/C10H20N2O3S/c1-8(13)11-7-9-3-5-10(6-4-9)12-16(2,14)15/h9-10,12H,3-7H2,1-2H3,(H,11,13)/t9-,10-. The molecule has 1 fully saturated rings. The summed E-state index contributed by atoms with van der Waals surface area (Å²) in [4.78, 5) is 10.7. The van der Waals surface area contributed by atoms with Gasteiger partial charge in [-0.1, -0.05) is 0 Å². The lowest BCUT2D eigenvalue weighted by Gasteiger charge is -2.28. The molecule has 94 valence electrons. The Morgan fingerprint density at radius 1 is 1.25 bits per heavy atom. The monoisotopic (exact) mass is 248 g/mol. The van der Waals surface area contributed by atoms with Crippen molar-refractivity contribution < 1.29 is 13.2 Å². The maximum atomic E-state index is 11.0. The van der Waals surface area contributed by atoms with Crippen molar-refractivity contribution in [1.29, 1.82) is 0 Å². The van der Waals surface area contributed by atoms with Crippen molar-refractivity contribution in [3.8, 4) is 0 Å². The summed E-state index contributed by atoms with van der Waals surface area (Å²) in [6.07, 6.45) is 4.84. The van der Waals surface area contributed by atoms with E-state index in [0.29, 0.717) is 12.5 Å². The highest BCUT2D eigenvalue weighted by atomic mass is 32.2. The van der Waals surface area contributed by atoms with Crippen LogP contribution in [0.15, 0.2) is 0 Å². The van der Waals surface area contributed by atoms with Crippen LogP contribution >= 0.6 is 0 Å². The first-order chi connectivity index (χ1) is 7.37. The third-order valence-corrected chi connectivity index (χ3v) is 3.63. The summed E-state index contributed by atoms with van der Waals surface area (Å²) in [7, 11) is -3.09. The molecule has 0 bridgehead atoms. The first kappa shape index (κ1) is 13.4. The fraction of sp³-hybridized carbons (Fsp3) is 0.900. The summed E-state index contributed by atoms with van der Waals surface area (Å²) in [6, 6.07) is 0.0728. The summed E-state index contributed by atoms with van der Waals surface area (Å²) in [5.41, 5.74) is 0. The van der Waals surface area contributed by atoms with E-state index in [4.69, 9.17) is 0 Å². The van der Waals surface area contributed by atoms with Crippen LogP contribution < -0.4 is 10.0 Å². The fourth-order valence-electron chi connectivity index (χ4n) is 2.08. The summed E-state index contributed by atoms with van der Waals surface area (Å²) < 4.78 is 24.7. The number of carbonyl (C=O) groups is 1. The van der Waals surface area contributed by atoms with Crippen molar-refractivity contribution in [3.63, 3.8) is 0 Å². The number of sulfonamides is 1. The van der Waals surface area contributed by atoms with Gasteiger partial charge in [-0.3, -0.25) is 4.79 Å². The van der Waals surface area contributed by atoms with Crippen molar-refractivity contribution in [2.75, 3.05) is 12.8 Å². The quantitative estimate of drug-likeness (QED) is 0.748. The molecule has 0 radical (unpaired) electrons. The molecular weight excluding hydrogens is 228 g/mol. The highest BCUT2D eigenvalue weighted by Gasteiger charge is 2.23. The van der Waals surface area contributed by atoms with Crippen molar-refractivity contribution in [2.24, 2.45) is 5.92 Å². The Bertz CT molecular complexity index is 332. The lowest BCUT2D eigenvalue weighted by Crippen LogP contribution is -2.38. The average Bonchev–Trinajstić information content (AvgIpc) is 2.14. The van der Waals surface area contributed by atoms with Gasteiger partial charge in [-0.2, -0.15) is 0 Å². The molecule has 0 heterocycles. The van der Waals surface area contributed by atoms with Crippen molar-refractivity contribution >= 4 is 15.9 Å². The van der Waals surface area contributed by atoms with Crippen LogP contribution in [0.1, 0.15) is 32.6 Å². The van der Waals surface area contributed by atoms with Gasteiger partial charge in [-0.25, -0.2) is 13.1 Å². The van der Waals surface area contributed by atoms with E-state index in [9.17, 15) is 13.2 Å². The molecule has 0 saturated heterocycles.